The van der Waals surface area contributed by atoms with Crippen molar-refractivity contribution in [2.45, 2.75) is 44.7 Å². The van der Waals surface area contributed by atoms with Gasteiger partial charge in [-0.15, -0.1) is 24.8 Å². The van der Waals surface area contributed by atoms with Crippen LogP contribution < -0.4 is 15.5 Å². The number of aromatic amines is 1. The van der Waals surface area contributed by atoms with Crippen molar-refractivity contribution in [2.24, 2.45) is 0 Å². The second-order valence-electron chi connectivity index (χ2n) is 6.98. The summed E-state index contributed by atoms with van der Waals surface area (Å²) in [6.07, 6.45) is 5.90. The van der Waals surface area contributed by atoms with E-state index in [0.29, 0.717) is 18.3 Å². The number of fused-ring (bicyclic) bond motifs is 1. The van der Waals surface area contributed by atoms with Gasteiger partial charge < -0.3 is 15.5 Å². The average molecular weight is 412 g/mol. The quantitative estimate of drug-likeness (QED) is 0.719. The van der Waals surface area contributed by atoms with E-state index in [4.69, 9.17) is 0 Å². The van der Waals surface area contributed by atoms with E-state index in [1.807, 2.05) is 18.2 Å². The molecule has 0 spiro atoms. The molecule has 1 saturated carbocycles. The van der Waals surface area contributed by atoms with Crippen molar-refractivity contribution in [1.29, 1.82) is 0 Å². The van der Waals surface area contributed by atoms with E-state index in [-0.39, 0.29) is 30.7 Å². The minimum absolute atomic E-state index is 0. The smallest absolute Gasteiger partial charge is 0.276 e. The Morgan fingerprint density at radius 1 is 1.22 bits per heavy atom. The lowest BCUT2D eigenvalue weighted by Gasteiger charge is -2.28. The van der Waals surface area contributed by atoms with Crippen LogP contribution in [0.1, 0.15) is 47.4 Å². The number of para-hydroxylation sites is 2. The lowest BCUT2D eigenvalue weighted by molar-refractivity contribution is 0.102. The van der Waals surface area contributed by atoms with Gasteiger partial charge in [-0.05, 0) is 25.0 Å². The summed E-state index contributed by atoms with van der Waals surface area (Å²) in [5, 5.41) is 13.7. The molecule has 0 unspecified atom stereocenters. The lowest BCUT2D eigenvalue weighted by Crippen LogP contribution is -2.30. The Bertz CT molecular complexity index is 773. The van der Waals surface area contributed by atoms with Crippen LogP contribution >= 0.6 is 24.8 Å². The number of benzene rings is 1. The molecule has 148 valence electrons. The van der Waals surface area contributed by atoms with Gasteiger partial charge in [0.15, 0.2) is 5.69 Å². The zero-order valence-corrected chi connectivity index (χ0v) is 17.1. The lowest BCUT2D eigenvalue weighted by atomic mass is 10.1. The number of rotatable bonds is 4. The van der Waals surface area contributed by atoms with E-state index in [9.17, 15) is 4.79 Å². The zero-order valence-electron chi connectivity index (χ0n) is 15.5. The number of hydrogen-bond acceptors (Lipinski definition) is 4. The first-order valence-electron chi connectivity index (χ1n) is 9.14. The summed E-state index contributed by atoms with van der Waals surface area (Å²) in [6, 6.07) is 8.59. The van der Waals surface area contributed by atoms with Crippen LogP contribution in [0.25, 0.3) is 0 Å². The zero-order chi connectivity index (χ0) is 17.2. The molecule has 0 bridgehead atoms. The van der Waals surface area contributed by atoms with E-state index in [1.54, 1.807) is 0 Å². The molecule has 1 fully saturated rings. The van der Waals surface area contributed by atoms with Gasteiger partial charge in [-0.1, -0.05) is 25.0 Å². The Morgan fingerprint density at radius 3 is 2.74 bits per heavy atom. The van der Waals surface area contributed by atoms with Crippen LogP contribution in [0.5, 0.6) is 0 Å². The molecule has 0 radical (unpaired) electrons. The second kappa shape index (κ2) is 9.44. The van der Waals surface area contributed by atoms with Crippen molar-refractivity contribution in [2.75, 3.05) is 23.8 Å². The monoisotopic (exact) mass is 411 g/mol. The van der Waals surface area contributed by atoms with Crippen LogP contribution in [0.3, 0.4) is 0 Å². The molecule has 0 atom stereocenters. The predicted molar refractivity (Wildman–Crippen MR) is 114 cm³/mol. The number of anilines is 2. The van der Waals surface area contributed by atoms with Crippen molar-refractivity contribution < 1.29 is 4.79 Å². The van der Waals surface area contributed by atoms with Gasteiger partial charge >= 0.3 is 0 Å². The van der Waals surface area contributed by atoms with Gasteiger partial charge in [-0.25, -0.2) is 0 Å². The molecule has 6 nitrogen and oxygen atoms in total. The highest BCUT2D eigenvalue weighted by Gasteiger charge is 2.24. The summed E-state index contributed by atoms with van der Waals surface area (Å²) in [5.41, 5.74) is 4.49. The highest BCUT2D eigenvalue weighted by molar-refractivity contribution is 6.05. The fraction of sp³-hybridized carbons (Fsp3) is 0.474. The van der Waals surface area contributed by atoms with E-state index < -0.39 is 0 Å². The number of aromatic nitrogens is 2. The fourth-order valence-electron chi connectivity index (χ4n) is 3.97. The third-order valence-corrected chi connectivity index (χ3v) is 5.43. The molecule has 2 aromatic rings. The number of hydrogen-bond donors (Lipinski definition) is 3. The van der Waals surface area contributed by atoms with Crippen molar-refractivity contribution in [3.63, 3.8) is 0 Å². The Kier molecular flexibility index (Phi) is 7.53. The van der Waals surface area contributed by atoms with E-state index in [0.717, 1.165) is 35.6 Å². The molecular weight excluding hydrogens is 385 g/mol. The van der Waals surface area contributed by atoms with Gasteiger partial charge in [-0.2, -0.15) is 5.10 Å². The maximum Gasteiger partial charge on any atom is 0.276 e. The number of carbonyl (C=O) groups excluding carboxylic acids is 1. The van der Waals surface area contributed by atoms with E-state index in [2.05, 4.69) is 38.8 Å². The van der Waals surface area contributed by atoms with Gasteiger partial charge in [0, 0.05) is 43.9 Å². The minimum atomic E-state index is -0.145. The Hall–Kier alpha value is -1.76. The van der Waals surface area contributed by atoms with Crippen LogP contribution in [0, 0.1) is 0 Å². The SMILES string of the molecule is CN(c1ccccc1NC(=O)c1n[nH]c2c1CNCC2)C1CCCC1.Cl.Cl. The molecule has 2 heterocycles. The van der Waals surface area contributed by atoms with Crippen molar-refractivity contribution in [1.82, 2.24) is 15.5 Å². The Morgan fingerprint density at radius 2 is 1.96 bits per heavy atom. The summed E-state index contributed by atoms with van der Waals surface area (Å²) in [7, 11) is 2.13. The number of H-pyrrole nitrogens is 1. The molecule has 2 aliphatic rings. The molecule has 1 aliphatic heterocycles. The van der Waals surface area contributed by atoms with Gasteiger partial charge in [-0.3, -0.25) is 9.89 Å². The fourth-order valence-corrected chi connectivity index (χ4v) is 3.97. The highest BCUT2D eigenvalue weighted by atomic mass is 35.5. The Labute approximate surface area is 172 Å². The van der Waals surface area contributed by atoms with E-state index in [1.165, 1.54) is 25.7 Å². The van der Waals surface area contributed by atoms with Gasteiger partial charge in [0.1, 0.15) is 0 Å². The molecule has 27 heavy (non-hydrogen) atoms. The summed E-state index contributed by atoms with van der Waals surface area (Å²) in [4.78, 5) is 15.1. The number of carbonyl (C=O) groups is 1. The second-order valence-corrected chi connectivity index (χ2v) is 6.98. The minimum Gasteiger partial charge on any atom is -0.370 e. The summed E-state index contributed by atoms with van der Waals surface area (Å²) >= 11 is 0. The molecular formula is C19H27Cl2N5O. The number of nitrogens with zero attached hydrogens (tertiary/aromatic N) is 2. The van der Waals surface area contributed by atoms with Crippen LogP contribution in [-0.4, -0.2) is 35.7 Å². The summed E-state index contributed by atoms with van der Waals surface area (Å²) < 4.78 is 0. The molecule has 8 heteroatoms. The number of amides is 1. The molecule has 1 aromatic carbocycles. The van der Waals surface area contributed by atoms with Gasteiger partial charge in [0.25, 0.3) is 5.91 Å². The van der Waals surface area contributed by atoms with Gasteiger partial charge in [0.05, 0.1) is 11.4 Å². The first-order chi connectivity index (χ1) is 12.2. The van der Waals surface area contributed by atoms with Crippen LogP contribution in [0.15, 0.2) is 24.3 Å². The standard InChI is InChI=1S/C19H25N5O.2ClH/c1-24(13-6-2-3-7-13)17-9-5-4-8-16(17)21-19(25)18-14-12-20-11-10-15(14)22-23-18;;/h4-5,8-9,13,20H,2-3,6-7,10-12H2,1H3,(H,21,25)(H,22,23);2*1H. The first-order valence-corrected chi connectivity index (χ1v) is 9.14. The molecule has 4 rings (SSSR count). The number of nitrogens with one attached hydrogen (secondary N) is 3. The molecule has 1 aromatic heterocycles. The third kappa shape index (κ3) is 4.39. The van der Waals surface area contributed by atoms with Crippen molar-refractivity contribution in [3.05, 3.63) is 41.2 Å². The maximum atomic E-state index is 12.8. The topological polar surface area (TPSA) is 73.0 Å². The van der Waals surface area contributed by atoms with Crippen molar-refractivity contribution >= 4 is 42.1 Å². The average Bonchev–Trinajstić information content (AvgIpc) is 3.31. The summed E-state index contributed by atoms with van der Waals surface area (Å²) in [5.74, 6) is -0.145. The third-order valence-electron chi connectivity index (χ3n) is 5.43. The largest absolute Gasteiger partial charge is 0.370 e. The summed E-state index contributed by atoms with van der Waals surface area (Å²) in [6.45, 7) is 1.61. The van der Waals surface area contributed by atoms with Crippen LogP contribution in [-0.2, 0) is 13.0 Å². The normalized spacial score (nSPS) is 16.0. The van der Waals surface area contributed by atoms with Crippen LogP contribution in [0.4, 0.5) is 11.4 Å². The molecule has 1 amide bonds. The maximum absolute atomic E-state index is 12.8. The van der Waals surface area contributed by atoms with E-state index >= 15 is 0 Å². The van der Waals surface area contributed by atoms with Crippen LogP contribution in [0.2, 0.25) is 0 Å². The van der Waals surface area contributed by atoms with Crippen molar-refractivity contribution in [3.8, 4) is 0 Å². The first kappa shape index (κ1) is 21.5. The molecule has 0 saturated heterocycles. The molecule has 3 N–H and O–H groups in total. The predicted octanol–water partition coefficient (Wildman–Crippen LogP) is 3.53. The highest BCUT2D eigenvalue weighted by Crippen LogP contribution is 2.32. The number of halogens is 2. The van der Waals surface area contributed by atoms with Gasteiger partial charge in [0.2, 0.25) is 0 Å². The molecule has 1 aliphatic carbocycles. The Balaban J connectivity index is 0.00000131.